The maximum absolute atomic E-state index is 13.5. The summed E-state index contributed by atoms with van der Waals surface area (Å²) in [6.07, 6.45) is 11.0. The fraction of sp³-hybridized carbons (Fsp3) is 0.885. The van der Waals surface area contributed by atoms with Crippen molar-refractivity contribution in [2.24, 2.45) is 46.8 Å². The molecule has 4 nitrogen and oxygen atoms in total. The predicted octanol–water partition coefficient (Wildman–Crippen LogP) is 6.08. The highest BCUT2D eigenvalue weighted by Gasteiger charge is 2.60. The number of likely N-dealkylation sites (N-methyl/N-ethyl adjacent to an activating group) is 1. The molecule has 0 heterocycles. The van der Waals surface area contributed by atoms with Crippen LogP contribution in [0, 0.1) is 46.8 Å². The molecule has 0 saturated heterocycles. The van der Waals surface area contributed by atoms with Crippen molar-refractivity contribution in [1.29, 1.82) is 0 Å². The molecule has 8 atom stereocenters. The number of nitrogens with zero attached hydrogens (tertiary/aromatic N) is 1. The van der Waals surface area contributed by atoms with Crippen LogP contribution in [0.2, 0.25) is 0 Å². The topological polar surface area (TPSA) is 54.5 Å². The van der Waals surface area contributed by atoms with Gasteiger partial charge in [0.15, 0.2) is 5.78 Å². The average Bonchev–Trinajstić information content (AvgIpc) is 3.02. The molecule has 3 aliphatic rings. The first kappa shape index (κ1) is 24.8. The Balaban J connectivity index is 1.74. The van der Waals surface area contributed by atoms with E-state index in [0.717, 1.165) is 48.1 Å². The molecule has 0 bridgehead atoms. The van der Waals surface area contributed by atoms with Crippen LogP contribution >= 0.6 is 11.8 Å². The lowest BCUT2D eigenvalue weighted by molar-refractivity contribution is -0.131. The number of carbonyl (C=O) groups is 3. The molecule has 0 aromatic carbocycles. The number of hydrogen-bond donors (Lipinski definition) is 0. The van der Waals surface area contributed by atoms with Crippen LogP contribution in [0.1, 0.15) is 79.1 Å². The number of hydrogen-bond acceptors (Lipinski definition) is 4. The second-order valence-corrected chi connectivity index (χ2v) is 11.9. The Bertz CT molecular complexity index is 667. The quantitative estimate of drug-likeness (QED) is 0.421. The molecule has 31 heavy (non-hydrogen) atoms. The van der Waals surface area contributed by atoms with Gasteiger partial charge in [0.25, 0.3) is 5.24 Å². The minimum atomic E-state index is -0.184. The Morgan fingerprint density at radius 3 is 2.55 bits per heavy atom. The summed E-state index contributed by atoms with van der Waals surface area (Å²) in [4.78, 5) is 37.8. The van der Waals surface area contributed by atoms with E-state index in [1.807, 2.05) is 0 Å². The van der Waals surface area contributed by atoms with E-state index >= 15 is 0 Å². The van der Waals surface area contributed by atoms with E-state index in [4.69, 9.17) is 0 Å². The van der Waals surface area contributed by atoms with E-state index in [1.54, 1.807) is 7.05 Å². The van der Waals surface area contributed by atoms with E-state index < -0.39 is 0 Å². The number of carbonyl (C=O) groups excluding carboxylic acids is 3. The van der Waals surface area contributed by atoms with E-state index in [1.165, 1.54) is 49.8 Å². The summed E-state index contributed by atoms with van der Waals surface area (Å²) in [5.41, 5.74) is 0.0767. The maximum Gasteiger partial charge on any atom is 0.282 e. The van der Waals surface area contributed by atoms with Crippen molar-refractivity contribution in [2.75, 3.05) is 19.3 Å². The molecular weight excluding hydrogens is 406 g/mol. The lowest BCUT2D eigenvalue weighted by Crippen LogP contribution is -2.49. The molecule has 0 radical (unpaired) electrons. The van der Waals surface area contributed by atoms with Crippen molar-refractivity contribution in [3.8, 4) is 0 Å². The van der Waals surface area contributed by atoms with Crippen molar-refractivity contribution in [1.82, 2.24) is 4.90 Å². The summed E-state index contributed by atoms with van der Waals surface area (Å²) in [6, 6.07) is 0. The van der Waals surface area contributed by atoms with Gasteiger partial charge in [-0.1, -0.05) is 58.7 Å². The zero-order valence-corrected chi connectivity index (χ0v) is 21.1. The highest BCUT2D eigenvalue weighted by Crippen LogP contribution is 2.65. The largest absolute Gasteiger partial charge is 0.329 e. The van der Waals surface area contributed by atoms with Crippen molar-refractivity contribution in [2.45, 2.75) is 79.1 Å². The summed E-state index contributed by atoms with van der Waals surface area (Å²) < 4.78 is 0. The lowest BCUT2D eigenvalue weighted by atomic mass is 9.50. The minimum absolute atomic E-state index is 0.0540. The van der Waals surface area contributed by atoms with Crippen molar-refractivity contribution < 1.29 is 14.4 Å². The van der Waals surface area contributed by atoms with Crippen molar-refractivity contribution in [3.05, 3.63) is 0 Å². The van der Waals surface area contributed by atoms with Crippen molar-refractivity contribution >= 4 is 29.1 Å². The molecule has 5 heteroatoms. The third kappa shape index (κ3) is 4.77. The van der Waals surface area contributed by atoms with E-state index in [2.05, 4.69) is 27.7 Å². The minimum Gasteiger partial charge on any atom is -0.329 e. The van der Waals surface area contributed by atoms with Crippen molar-refractivity contribution in [3.63, 3.8) is 0 Å². The first-order valence-corrected chi connectivity index (χ1v) is 13.6. The highest BCUT2D eigenvalue weighted by atomic mass is 32.2. The number of ketones is 1. The number of fused-ring (bicyclic) bond motifs is 3. The van der Waals surface area contributed by atoms with Gasteiger partial charge in [-0.2, -0.15) is 0 Å². The van der Waals surface area contributed by atoms with E-state index in [-0.39, 0.29) is 34.7 Å². The molecule has 0 N–H and O–H groups in total. The third-order valence-corrected chi connectivity index (χ3v) is 10.2. The summed E-state index contributed by atoms with van der Waals surface area (Å²) in [7, 11) is 1.69. The van der Waals surface area contributed by atoms with Crippen LogP contribution in [0.25, 0.3) is 0 Å². The average molecular weight is 450 g/mol. The van der Waals surface area contributed by atoms with Crippen LogP contribution in [0.15, 0.2) is 0 Å². The second-order valence-electron chi connectivity index (χ2n) is 10.9. The van der Waals surface area contributed by atoms with Crippen LogP contribution in [-0.2, 0) is 9.59 Å². The fourth-order valence-corrected chi connectivity index (χ4v) is 8.68. The standard InChI is InChI=1S/C26H43NO3S/c1-6-8-19-18(7-2)9-10-21-20(19)11-12-26(4)22(21)15-17(3)24(26)23(29)16-27(5)25(30)31-14-13-28/h13,17-22,24H,6-12,14-16H2,1-5H3. The molecule has 0 spiro atoms. The number of rotatable bonds is 8. The monoisotopic (exact) mass is 449 g/mol. The molecule has 8 unspecified atom stereocenters. The number of Topliss-reactive ketones (excluding diaryl/α,β-unsaturated/α-hetero) is 1. The van der Waals surface area contributed by atoms with Crippen LogP contribution in [0.4, 0.5) is 4.79 Å². The van der Waals surface area contributed by atoms with Gasteiger partial charge in [0.1, 0.15) is 6.29 Å². The molecule has 176 valence electrons. The lowest BCUT2D eigenvalue weighted by Gasteiger charge is -2.54. The molecule has 1 amide bonds. The van der Waals surface area contributed by atoms with Crippen LogP contribution in [0.5, 0.6) is 0 Å². The SMILES string of the molecule is CCCC1C(CC)CCC2C1CCC1(C)C2CC(C)C1C(=O)CN(C)C(=O)SCC=O. The normalized spacial score (nSPS) is 39.5. The Labute approximate surface area is 193 Å². The number of amides is 1. The molecule has 0 aromatic heterocycles. The molecule has 3 saturated carbocycles. The van der Waals surface area contributed by atoms with Gasteiger partial charge >= 0.3 is 0 Å². The Morgan fingerprint density at radius 1 is 1.16 bits per heavy atom. The smallest absolute Gasteiger partial charge is 0.282 e. The Hall–Kier alpha value is -0.840. The third-order valence-electron chi connectivity index (χ3n) is 9.33. The molecule has 3 fully saturated rings. The molecular formula is C26H43NO3S. The zero-order chi connectivity index (χ0) is 22.8. The van der Waals surface area contributed by atoms with Crippen LogP contribution in [0.3, 0.4) is 0 Å². The molecule has 3 aliphatic carbocycles. The highest BCUT2D eigenvalue weighted by molar-refractivity contribution is 8.13. The van der Waals surface area contributed by atoms with Gasteiger partial charge in [0.05, 0.1) is 12.3 Å². The van der Waals surface area contributed by atoms with Gasteiger partial charge in [-0.25, -0.2) is 0 Å². The van der Waals surface area contributed by atoms with Gasteiger partial charge in [-0.15, -0.1) is 0 Å². The first-order chi connectivity index (χ1) is 14.8. The zero-order valence-electron chi connectivity index (χ0n) is 20.3. The van der Waals surface area contributed by atoms with Gasteiger partial charge in [0.2, 0.25) is 0 Å². The van der Waals surface area contributed by atoms with Gasteiger partial charge < -0.3 is 9.69 Å². The van der Waals surface area contributed by atoms with E-state index in [9.17, 15) is 14.4 Å². The molecule has 0 aliphatic heterocycles. The fourth-order valence-electron chi connectivity index (χ4n) is 8.19. The first-order valence-electron chi connectivity index (χ1n) is 12.6. The summed E-state index contributed by atoms with van der Waals surface area (Å²) in [5, 5.41) is -0.184. The number of thioether (sulfide) groups is 1. The number of aldehydes is 1. The van der Waals surface area contributed by atoms with Gasteiger partial charge in [-0.05, 0) is 73.0 Å². The second kappa shape index (κ2) is 10.4. The van der Waals surface area contributed by atoms with Gasteiger partial charge in [0, 0.05) is 13.0 Å². The maximum atomic E-state index is 13.5. The summed E-state index contributed by atoms with van der Waals surface area (Å²) in [6.45, 7) is 9.54. The molecule has 0 aromatic rings. The van der Waals surface area contributed by atoms with Crippen LogP contribution in [-0.4, -0.2) is 41.6 Å². The molecule has 3 rings (SSSR count). The van der Waals surface area contributed by atoms with E-state index in [0.29, 0.717) is 11.8 Å². The summed E-state index contributed by atoms with van der Waals surface area (Å²) in [5.74, 6) is 4.87. The van der Waals surface area contributed by atoms with Gasteiger partial charge in [-0.3, -0.25) is 9.59 Å². The summed E-state index contributed by atoms with van der Waals surface area (Å²) >= 11 is 0.980. The predicted molar refractivity (Wildman–Crippen MR) is 128 cm³/mol. The van der Waals surface area contributed by atoms with Crippen LogP contribution < -0.4 is 0 Å². The Morgan fingerprint density at radius 2 is 1.90 bits per heavy atom. The Kier molecular flexibility index (Phi) is 8.32.